The summed E-state index contributed by atoms with van der Waals surface area (Å²) >= 11 is 0. The molecular weight excluding hydrogens is 211 g/mol. The number of alkyl halides is 1. The smallest absolute Gasteiger partial charge is 0.297 e. The van der Waals surface area contributed by atoms with E-state index in [1.165, 1.54) is 0 Å². The van der Waals surface area contributed by atoms with Gasteiger partial charge in [0.05, 0.1) is 6.61 Å². The first kappa shape index (κ1) is 12.5. The van der Waals surface area contributed by atoms with Gasteiger partial charge in [-0.3, -0.25) is 4.79 Å². The summed E-state index contributed by atoms with van der Waals surface area (Å²) in [7, 11) is 0. The van der Waals surface area contributed by atoms with Crippen molar-refractivity contribution in [2.24, 2.45) is 0 Å². The lowest BCUT2D eigenvalue weighted by Crippen LogP contribution is -2.65. The van der Waals surface area contributed by atoms with Gasteiger partial charge in [0.25, 0.3) is 5.85 Å². The van der Waals surface area contributed by atoms with Crippen LogP contribution in [0.15, 0.2) is 0 Å². The molecule has 1 aliphatic heterocycles. The number of ketones is 1. The summed E-state index contributed by atoms with van der Waals surface area (Å²) in [5, 5.41) is 36.5. The first-order valence-corrected chi connectivity index (χ1v) is 4.37. The van der Waals surface area contributed by atoms with E-state index in [4.69, 9.17) is 5.11 Å². The molecule has 0 spiro atoms. The second kappa shape index (κ2) is 4.11. The van der Waals surface area contributed by atoms with Crippen LogP contribution in [0, 0.1) is 0 Å². The van der Waals surface area contributed by atoms with E-state index in [2.05, 4.69) is 4.74 Å². The van der Waals surface area contributed by atoms with Crippen molar-refractivity contribution < 1.29 is 34.3 Å². The number of Topliss-reactive ketones (excluding diaryl/α,β-unsaturated/α-hetero) is 1. The van der Waals surface area contributed by atoms with Crippen molar-refractivity contribution in [2.45, 2.75) is 37.2 Å². The molecule has 1 saturated heterocycles. The van der Waals surface area contributed by atoms with Gasteiger partial charge < -0.3 is 25.2 Å². The van der Waals surface area contributed by atoms with E-state index >= 15 is 0 Å². The second-order valence-corrected chi connectivity index (χ2v) is 3.47. The van der Waals surface area contributed by atoms with Gasteiger partial charge in [-0.1, -0.05) is 0 Å². The maximum Gasteiger partial charge on any atom is 0.297 e. The third kappa shape index (κ3) is 1.88. The van der Waals surface area contributed by atoms with Crippen LogP contribution in [0.2, 0.25) is 0 Å². The Morgan fingerprint density at radius 2 is 1.93 bits per heavy atom. The van der Waals surface area contributed by atoms with Crippen LogP contribution >= 0.6 is 0 Å². The number of halogens is 1. The average molecular weight is 224 g/mol. The highest BCUT2D eigenvalue weighted by Gasteiger charge is 2.57. The average Bonchev–Trinajstić information content (AvgIpc) is 2.20. The Morgan fingerprint density at radius 3 is 2.33 bits per heavy atom. The zero-order valence-electron chi connectivity index (χ0n) is 8.00. The van der Waals surface area contributed by atoms with Crippen LogP contribution < -0.4 is 0 Å². The molecule has 0 aromatic carbocycles. The van der Waals surface area contributed by atoms with E-state index in [1.54, 1.807) is 0 Å². The fraction of sp³-hybridized carbons (Fsp3) is 0.875. The molecule has 6 nitrogen and oxygen atoms in total. The predicted octanol–water partition coefficient (Wildman–Crippen LogP) is -2.28. The number of carbonyl (C=O) groups excluding carboxylic acids is 1. The number of rotatable bonds is 2. The third-order valence-corrected chi connectivity index (χ3v) is 2.42. The second-order valence-electron chi connectivity index (χ2n) is 3.47. The molecule has 0 aromatic heterocycles. The molecule has 0 aromatic rings. The molecule has 0 aliphatic carbocycles. The highest BCUT2D eigenvalue weighted by Crippen LogP contribution is 2.31. The lowest BCUT2D eigenvalue weighted by Gasteiger charge is -2.42. The van der Waals surface area contributed by atoms with Gasteiger partial charge in [0.15, 0.2) is 5.78 Å². The van der Waals surface area contributed by atoms with Gasteiger partial charge in [0.2, 0.25) is 0 Å². The van der Waals surface area contributed by atoms with E-state index in [1.807, 2.05) is 0 Å². The molecule has 15 heavy (non-hydrogen) atoms. The number of aliphatic hydroxyl groups excluding tert-OH is 4. The van der Waals surface area contributed by atoms with Crippen molar-refractivity contribution >= 4 is 5.78 Å². The fourth-order valence-electron chi connectivity index (χ4n) is 1.42. The monoisotopic (exact) mass is 224 g/mol. The summed E-state index contributed by atoms with van der Waals surface area (Å²) < 4.78 is 18.2. The first-order valence-electron chi connectivity index (χ1n) is 4.37. The van der Waals surface area contributed by atoms with Crippen molar-refractivity contribution in [2.75, 3.05) is 6.61 Å². The van der Waals surface area contributed by atoms with Gasteiger partial charge >= 0.3 is 0 Å². The molecule has 1 unspecified atom stereocenters. The highest BCUT2D eigenvalue weighted by molar-refractivity contribution is 5.84. The standard InChI is InChI=1S/C8H13FO6/c1-3(11)8(9)7(14)6(13)5(12)4(2-10)15-8/h4-7,10,12-14H,2H2,1H3/t4-,5-,6+,7-,8?/m1/s1. The molecule has 1 fully saturated rings. The summed E-state index contributed by atoms with van der Waals surface area (Å²) in [4.78, 5) is 10.9. The minimum atomic E-state index is -3.09. The summed E-state index contributed by atoms with van der Waals surface area (Å²) in [5.74, 6) is -4.23. The predicted molar refractivity (Wildman–Crippen MR) is 44.5 cm³/mol. The van der Waals surface area contributed by atoms with Crippen LogP contribution in [0.4, 0.5) is 4.39 Å². The van der Waals surface area contributed by atoms with Gasteiger partial charge in [0.1, 0.15) is 24.4 Å². The van der Waals surface area contributed by atoms with Crippen LogP contribution in [0.1, 0.15) is 6.92 Å². The maximum absolute atomic E-state index is 13.7. The molecule has 0 radical (unpaired) electrons. The van der Waals surface area contributed by atoms with Crippen molar-refractivity contribution in [3.05, 3.63) is 0 Å². The Labute approximate surface area is 84.9 Å². The quantitative estimate of drug-likeness (QED) is 0.421. The van der Waals surface area contributed by atoms with Gasteiger partial charge in [-0.2, -0.15) is 0 Å². The van der Waals surface area contributed by atoms with Crippen molar-refractivity contribution in [3.63, 3.8) is 0 Å². The van der Waals surface area contributed by atoms with Crippen LogP contribution in [-0.4, -0.2) is 63.1 Å². The first-order chi connectivity index (χ1) is 6.84. The van der Waals surface area contributed by atoms with Gasteiger partial charge in [-0.25, -0.2) is 4.39 Å². The number of hydrogen-bond donors (Lipinski definition) is 4. The van der Waals surface area contributed by atoms with E-state index in [-0.39, 0.29) is 0 Å². The van der Waals surface area contributed by atoms with Crippen LogP contribution in [0.5, 0.6) is 0 Å². The molecule has 1 aliphatic rings. The maximum atomic E-state index is 13.7. The fourth-order valence-corrected chi connectivity index (χ4v) is 1.42. The molecule has 7 heteroatoms. The minimum Gasteiger partial charge on any atom is -0.394 e. The topological polar surface area (TPSA) is 107 Å². The molecule has 0 bridgehead atoms. The van der Waals surface area contributed by atoms with Crippen LogP contribution in [0.3, 0.4) is 0 Å². The largest absolute Gasteiger partial charge is 0.394 e. The van der Waals surface area contributed by atoms with E-state index in [0.717, 1.165) is 6.92 Å². The Bertz CT molecular complexity index is 258. The van der Waals surface area contributed by atoms with Crippen molar-refractivity contribution in [1.82, 2.24) is 0 Å². The number of carbonyl (C=O) groups is 1. The molecule has 0 amide bonds. The lowest BCUT2D eigenvalue weighted by molar-refractivity contribution is -0.304. The SMILES string of the molecule is CC(=O)C1(F)O[C@H](CO)[C@@H](O)[C@H](O)[C@H]1O. The molecule has 5 atom stereocenters. The summed E-state index contributed by atoms with van der Waals surface area (Å²) in [6.07, 6.45) is -7.15. The Morgan fingerprint density at radius 1 is 1.40 bits per heavy atom. The third-order valence-electron chi connectivity index (χ3n) is 2.42. The van der Waals surface area contributed by atoms with Crippen molar-refractivity contribution in [3.8, 4) is 0 Å². The van der Waals surface area contributed by atoms with Gasteiger partial charge in [-0.15, -0.1) is 0 Å². The molecule has 1 rings (SSSR count). The van der Waals surface area contributed by atoms with Gasteiger partial charge in [0, 0.05) is 6.92 Å². The number of hydrogen-bond acceptors (Lipinski definition) is 6. The molecule has 4 N–H and O–H groups in total. The van der Waals surface area contributed by atoms with E-state index in [0.29, 0.717) is 0 Å². The van der Waals surface area contributed by atoms with E-state index in [9.17, 15) is 24.5 Å². The van der Waals surface area contributed by atoms with Crippen LogP contribution in [0.25, 0.3) is 0 Å². The highest BCUT2D eigenvalue weighted by atomic mass is 19.2. The van der Waals surface area contributed by atoms with Crippen molar-refractivity contribution in [1.29, 1.82) is 0 Å². The summed E-state index contributed by atoms with van der Waals surface area (Å²) in [5.41, 5.74) is 0. The van der Waals surface area contributed by atoms with Crippen LogP contribution in [-0.2, 0) is 9.53 Å². The Hall–Kier alpha value is -0.600. The minimum absolute atomic E-state index is 0.774. The molecule has 1 heterocycles. The molecule has 0 saturated carbocycles. The number of aliphatic hydroxyl groups is 4. The van der Waals surface area contributed by atoms with Gasteiger partial charge in [-0.05, 0) is 0 Å². The summed E-state index contributed by atoms with van der Waals surface area (Å²) in [6.45, 7) is 0.0615. The zero-order valence-corrected chi connectivity index (χ0v) is 8.00. The summed E-state index contributed by atoms with van der Waals surface area (Å²) in [6, 6.07) is 0. The number of ether oxygens (including phenoxy) is 1. The Balaban J connectivity index is 2.97. The lowest BCUT2D eigenvalue weighted by atomic mass is 9.92. The molecular formula is C8H13FO6. The Kier molecular flexibility index (Phi) is 3.41. The van der Waals surface area contributed by atoms with E-state index < -0.39 is 42.7 Å². The zero-order chi connectivity index (χ0) is 11.8. The normalized spacial score (nSPS) is 46.5. The molecule has 88 valence electrons.